The second-order valence-electron chi connectivity index (χ2n) is 6.03. The van der Waals surface area contributed by atoms with E-state index in [1.807, 2.05) is 0 Å². The van der Waals surface area contributed by atoms with Gasteiger partial charge in [-0.15, -0.1) is 0 Å². The number of nitrogens with one attached hydrogen (secondary N) is 1. The second-order valence-corrected chi connectivity index (χ2v) is 7.68. The van der Waals surface area contributed by atoms with E-state index in [0.717, 1.165) is 25.7 Å². The zero-order valence-electron chi connectivity index (χ0n) is 12.7. The zero-order chi connectivity index (χ0) is 15.8. The molecule has 1 aliphatic rings. The van der Waals surface area contributed by atoms with Gasteiger partial charge in [-0.2, -0.15) is 0 Å². The van der Waals surface area contributed by atoms with Gasteiger partial charge in [0.2, 0.25) is 10.0 Å². The highest BCUT2D eigenvalue weighted by molar-refractivity contribution is 7.89. The SMILES string of the molecule is Cc1cc(F)c(N)c(C)c1S(=O)(=O)NC1CCCCC1C. The summed E-state index contributed by atoms with van der Waals surface area (Å²) in [5, 5.41) is 0. The van der Waals surface area contributed by atoms with Crippen molar-refractivity contribution >= 4 is 15.7 Å². The third-order valence-electron chi connectivity index (χ3n) is 4.39. The van der Waals surface area contributed by atoms with Gasteiger partial charge in [0.25, 0.3) is 0 Å². The van der Waals surface area contributed by atoms with E-state index in [4.69, 9.17) is 5.73 Å². The van der Waals surface area contributed by atoms with Crippen molar-refractivity contribution in [1.29, 1.82) is 0 Å². The molecule has 1 aromatic carbocycles. The van der Waals surface area contributed by atoms with Crippen molar-refractivity contribution in [2.24, 2.45) is 5.92 Å². The van der Waals surface area contributed by atoms with Crippen LogP contribution in [0.15, 0.2) is 11.0 Å². The molecule has 0 aromatic heterocycles. The minimum Gasteiger partial charge on any atom is -0.396 e. The first kappa shape index (κ1) is 16.2. The van der Waals surface area contributed by atoms with E-state index in [1.165, 1.54) is 6.07 Å². The maximum absolute atomic E-state index is 13.6. The van der Waals surface area contributed by atoms with Crippen LogP contribution in [0.5, 0.6) is 0 Å². The normalized spacial score (nSPS) is 23.2. The summed E-state index contributed by atoms with van der Waals surface area (Å²) >= 11 is 0. The van der Waals surface area contributed by atoms with E-state index in [-0.39, 0.29) is 22.2 Å². The smallest absolute Gasteiger partial charge is 0.241 e. The third kappa shape index (κ3) is 3.21. The zero-order valence-corrected chi connectivity index (χ0v) is 13.6. The van der Waals surface area contributed by atoms with E-state index in [1.54, 1.807) is 13.8 Å². The standard InChI is InChI=1S/C15H23FN2O2S/c1-9-6-4-5-7-13(9)18-21(19,20)15-10(2)8-12(16)14(17)11(15)3/h8-9,13,18H,4-7,17H2,1-3H3. The Balaban J connectivity index is 2.38. The lowest BCUT2D eigenvalue weighted by Crippen LogP contribution is -2.41. The van der Waals surface area contributed by atoms with Gasteiger partial charge in [-0.25, -0.2) is 17.5 Å². The molecule has 6 heteroatoms. The summed E-state index contributed by atoms with van der Waals surface area (Å²) < 4.78 is 41.7. The van der Waals surface area contributed by atoms with Gasteiger partial charge in [0.1, 0.15) is 5.82 Å². The average Bonchev–Trinajstić information content (AvgIpc) is 2.38. The van der Waals surface area contributed by atoms with Gasteiger partial charge >= 0.3 is 0 Å². The number of hydrogen-bond donors (Lipinski definition) is 2. The number of nitrogen functional groups attached to an aromatic ring is 1. The fourth-order valence-corrected chi connectivity index (χ4v) is 4.96. The molecule has 1 aliphatic carbocycles. The Bertz CT molecular complexity index is 644. The van der Waals surface area contributed by atoms with Crippen LogP contribution < -0.4 is 10.5 Å². The second kappa shape index (κ2) is 5.93. The monoisotopic (exact) mass is 314 g/mol. The Kier molecular flexibility index (Phi) is 4.58. The molecule has 4 nitrogen and oxygen atoms in total. The first-order chi connectivity index (χ1) is 9.74. The molecule has 0 amide bonds. The molecule has 2 atom stereocenters. The highest BCUT2D eigenvalue weighted by Gasteiger charge is 2.29. The molecule has 1 fully saturated rings. The first-order valence-corrected chi connectivity index (χ1v) is 8.80. The molecular formula is C15H23FN2O2S. The minimum atomic E-state index is -3.69. The molecule has 0 bridgehead atoms. The largest absolute Gasteiger partial charge is 0.396 e. The topological polar surface area (TPSA) is 72.2 Å². The van der Waals surface area contributed by atoms with E-state index >= 15 is 0 Å². The quantitative estimate of drug-likeness (QED) is 0.843. The molecule has 3 N–H and O–H groups in total. The van der Waals surface area contributed by atoms with Gasteiger partial charge < -0.3 is 5.73 Å². The van der Waals surface area contributed by atoms with E-state index in [0.29, 0.717) is 11.5 Å². The van der Waals surface area contributed by atoms with Gasteiger partial charge in [0.15, 0.2) is 0 Å². The van der Waals surface area contributed by atoms with Crippen molar-refractivity contribution in [3.05, 3.63) is 23.0 Å². The van der Waals surface area contributed by atoms with Crippen LogP contribution in [0, 0.1) is 25.6 Å². The summed E-state index contributed by atoms with van der Waals surface area (Å²) in [4.78, 5) is 0.110. The van der Waals surface area contributed by atoms with Crippen LogP contribution in [-0.2, 0) is 10.0 Å². The van der Waals surface area contributed by atoms with Crippen molar-refractivity contribution in [1.82, 2.24) is 4.72 Å². The Morgan fingerprint density at radius 2 is 1.90 bits per heavy atom. The summed E-state index contributed by atoms with van der Waals surface area (Å²) in [7, 11) is -3.69. The third-order valence-corrected chi connectivity index (χ3v) is 6.17. The molecular weight excluding hydrogens is 291 g/mol. The van der Waals surface area contributed by atoms with E-state index in [2.05, 4.69) is 11.6 Å². The number of rotatable bonds is 3. The van der Waals surface area contributed by atoms with E-state index < -0.39 is 15.8 Å². The Morgan fingerprint density at radius 3 is 2.52 bits per heavy atom. The first-order valence-electron chi connectivity index (χ1n) is 7.31. The Labute approximate surface area is 126 Å². The summed E-state index contributed by atoms with van der Waals surface area (Å²) in [5.74, 6) is -0.262. The molecule has 1 aromatic rings. The molecule has 2 unspecified atom stereocenters. The lowest BCUT2D eigenvalue weighted by Gasteiger charge is -2.29. The average molecular weight is 314 g/mol. The van der Waals surface area contributed by atoms with Gasteiger partial charge in [0, 0.05) is 6.04 Å². The summed E-state index contributed by atoms with van der Waals surface area (Å²) in [6, 6.07) is 1.12. The number of anilines is 1. The fraction of sp³-hybridized carbons (Fsp3) is 0.600. The minimum absolute atomic E-state index is 0.0613. The van der Waals surface area contributed by atoms with Crippen molar-refractivity contribution in [3.63, 3.8) is 0 Å². The molecule has 1 saturated carbocycles. The number of aryl methyl sites for hydroxylation is 1. The maximum Gasteiger partial charge on any atom is 0.241 e. The number of nitrogens with two attached hydrogens (primary N) is 1. The highest BCUT2D eigenvalue weighted by atomic mass is 32.2. The molecule has 0 radical (unpaired) electrons. The van der Waals surface area contributed by atoms with Crippen LogP contribution in [0.4, 0.5) is 10.1 Å². The molecule has 118 valence electrons. The number of sulfonamides is 1. The van der Waals surface area contributed by atoms with Gasteiger partial charge in [0.05, 0.1) is 10.6 Å². The van der Waals surface area contributed by atoms with Crippen LogP contribution >= 0.6 is 0 Å². The van der Waals surface area contributed by atoms with Crippen LogP contribution in [0.25, 0.3) is 0 Å². The molecule has 0 spiro atoms. The van der Waals surface area contributed by atoms with Crippen molar-refractivity contribution in [2.45, 2.75) is 57.4 Å². The molecule has 21 heavy (non-hydrogen) atoms. The molecule has 0 aliphatic heterocycles. The van der Waals surface area contributed by atoms with Gasteiger partial charge in [-0.05, 0) is 49.8 Å². The molecule has 2 rings (SSSR count). The Hall–Kier alpha value is -1.14. The predicted molar refractivity (Wildman–Crippen MR) is 82.0 cm³/mol. The maximum atomic E-state index is 13.6. The molecule has 0 saturated heterocycles. The number of halogens is 1. The summed E-state index contributed by atoms with van der Waals surface area (Å²) in [6.07, 6.45) is 4.04. The predicted octanol–water partition coefficient (Wildman–Crippen LogP) is 2.88. The van der Waals surface area contributed by atoms with E-state index in [9.17, 15) is 12.8 Å². The highest BCUT2D eigenvalue weighted by Crippen LogP contribution is 2.30. The molecule has 0 heterocycles. The lowest BCUT2D eigenvalue weighted by molar-refractivity contribution is 0.310. The van der Waals surface area contributed by atoms with Crippen molar-refractivity contribution in [3.8, 4) is 0 Å². The Morgan fingerprint density at radius 1 is 1.29 bits per heavy atom. The fourth-order valence-electron chi connectivity index (χ4n) is 3.09. The van der Waals surface area contributed by atoms with Crippen molar-refractivity contribution in [2.75, 3.05) is 5.73 Å². The summed E-state index contributed by atoms with van der Waals surface area (Å²) in [6.45, 7) is 5.20. The van der Waals surface area contributed by atoms with Crippen LogP contribution in [-0.4, -0.2) is 14.5 Å². The van der Waals surface area contributed by atoms with Crippen LogP contribution in [0.1, 0.15) is 43.7 Å². The lowest BCUT2D eigenvalue weighted by atomic mass is 9.87. The number of hydrogen-bond acceptors (Lipinski definition) is 3. The van der Waals surface area contributed by atoms with Gasteiger partial charge in [-0.1, -0.05) is 19.8 Å². The number of benzene rings is 1. The van der Waals surface area contributed by atoms with Crippen LogP contribution in [0.2, 0.25) is 0 Å². The van der Waals surface area contributed by atoms with Crippen molar-refractivity contribution < 1.29 is 12.8 Å². The van der Waals surface area contributed by atoms with Gasteiger partial charge in [-0.3, -0.25) is 0 Å². The van der Waals surface area contributed by atoms with Crippen LogP contribution in [0.3, 0.4) is 0 Å². The summed E-state index contributed by atoms with van der Waals surface area (Å²) in [5.41, 5.74) is 6.21.